The van der Waals surface area contributed by atoms with E-state index in [-0.39, 0.29) is 22.6 Å². The second kappa shape index (κ2) is 8.59. The van der Waals surface area contributed by atoms with Crippen molar-refractivity contribution in [2.45, 2.75) is 43.5 Å². The minimum atomic E-state index is -3.46. The summed E-state index contributed by atoms with van der Waals surface area (Å²) in [5.41, 5.74) is 5.95. The number of nitrogens with two attached hydrogens (primary N) is 1. The summed E-state index contributed by atoms with van der Waals surface area (Å²) in [4.78, 5) is 26.2. The van der Waals surface area contributed by atoms with Gasteiger partial charge < -0.3 is 11.1 Å². The number of rotatable bonds is 6. The summed E-state index contributed by atoms with van der Waals surface area (Å²) < 4.78 is 26.6. The van der Waals surface area contributed by atoms with Crippen LogP contribution in [0.1, 0.15) is 32.6 Å². The lowest BCUT2D eigenvalue weighted by Gasteiger charge is -2.34. The van der Waals surface area contributed by atoms with E-state index in [1.165, 1.54) is 16.4 Å². The second-order valence-electron chi connectivity index (χ2n) is 7.54. The largest absolute Gasteiger partial charge is 0.369 e. The molecule has 3 rings (SSSR count). The fraction of sp³-hybridized carbons (Fsp3) is 0.579. The molecule has 0 radical (unpaired) electrons. The van der Waals surface area contributed by atoms with Crippen LogP contribution >= 0.6 is 0 Å². The Hall–Kier alpha value is -1.97. The van der Waals surface area contributed by atoms with E-state index >= 15 is 0 Å². The summed E-state index contributed by atoms with van der Waals surface area (Å²) in [7, 11) is -3.46. The average Bonchev–Trinajstić information content (AvgIpc) is 3.23. The van der Waals surface area contributed by atoms with Gasteiger partial charge in [0.1, 0.15) is 0 Å². The number of hydrogen-bond donors (Lipinski definition) is 2. The number of sulfonamides is 1. The molecule has 8 nitrogen and oxygen atoms in total. The Balaban J connectivity index is 1.62. The van der Waals surface area contributed by atoms with Crippen LogP contribution in [-0.4, -0.2) is 61.7 Å². The van der Waals surface area contributed by atoms with Gasteiger partial charge in [-0.2, -0.15) is 4.31 Å². The van der Waals surface area contributed by atoms with Crippen molar-refractivity contribution in [2.75, 3.05) is 31.5 Å². The van der Waals surface area contributed by atoms with Gasteiger partial charge >= 0.3 is 0 Å². The van der Waals surface area contributed by atoms with Crippen molar-refractivity contribution < 1.29 is 18.0 Å². The highest BCUT2D eigenvalue weighted by molar-refractivity contribution is 7.89. The Morgan fingerprint density at radius 2 is 1.75 bits per heavy atom. The molecule has 9 heteroatoms. The minimum absolute atomic E-state index is 0.194. The van der Waals surface area contributed by atoms with Gasteiger partial charge in [0.05, 0.1) is 16.9 Å². The maximum atomic E-state index is 12.6. The molecular formula is C19H28N4O4S. The number of carbonyl (C=O) groups is 2. The van der Waals surface area contributed by atoms with Crippen molar-refractivity contribution in [3.05, 3.63) is 24.3 Å². The number of piperidine rings is 1. The summed E-state index contributed by atoms with van der Waals surface area (Å²) in [5.74, 6) is -0.744. The number of hydrogen-bond acceptors (Lipinski definition) is 5. The summed E-state index contributed by atoms with van der Waals surface area (Å²) in [6.07, 6.45) is 3.36. The van der Waals surface area contributed by atoms with Crippen LogP contribution in [0.4, 0.5) is 5.69 Å². The SMILES string of the molecule is C[C@H](C(=O)Nc1ccc(S(=O)(=O)N2CCCC2)cc1)N1CCC[C@H](C(N)=O)C1. The Morgan fingerprint density at radius 3 is 2.36 bits per heavy atom. The molecule has 2 saturated heterocycles. The number of nitrogens with zero attached hydrogens (tertiary/aromatic N) is 2. The molecule has 0 aliphatic carbocycles. The van der Waals surface area contributed by atoms with Gasteiger partial charge in [-0.15, -0.1) is 0 Å². The molecule has 2 fully saturated rings. The lowest BCUT2D eigenvalue weighted by atomic mass is 9.96. The van der Waals surface area contributed by atoms with Crippen LogP contribution in [0.5, 0.6) is 0 Å². The van der Waals surface area contributed by atoms with E-state index in [4.69, 9.17) is 5.73 Å². The highest BCUT2D eigenvalue weighted by atomic mass is 32.2. The monoisotopic (exact) mass is 408 g/mol. The van der Waals surface area contributed by atoms with Crippen LogP contribution in [-0.2, 0) is 19.6 Å². The Labute approximate surface area is 166 Å². The third kappa shape index (κ3) is 4.53. The quantitative estimate of drug-likeness (QED) is 0.729. The van der Waals surface area contributed by atoms with Crippen LogP contribution in [0, 0.1) is 5.92 Å². The topological polar surface area (TPSA) is 113 Å². The predicted molar refractivity (Wildman–Crippen MR) is 106 cm³/mol. The first-order valence-electron chi connectivity index (χ1n) is 9.73. The van der Waals surface area contributed by atoms with E-state index in [0.717, 1.165) is 32.2 Å². The third-order valence-electron chi connectivity index (χ3n) is 5.61. The second-order valence-corrected chi connectivity index (χ2v) is 9.48. The highest BCUT2D eigenvalue weighted by Crippen LogP contribution is 2.23. The molecule has 3 N–H and O–H groups in total. The maximum Gasteiger partial charge on any atom is 0.243 e. The molecule has 0 aromatic heterocycles. The van der Waals surface area contributed by atoms with Gasteiger partial charge in [0.25, 0.3) is 0 Å². The molecule has 2 aliphatic rings. The minimum Gasteiger partial charge on any atom is -0.369 e. The van der Waals surface area contributed by atoms with Crippen LogP contribution in [0.3, 0.4) is 0 Å². The highest BCUT2D eigenvalue weighted by Gasteiger charge is 2.30. The van der Waals surface area contributed by atoms with Gasteiger partial charge in [0, 0.05) is 25.3 Å². The van der Waals surface area contributed by atoms with Crippen LogP contribution < -0.4 is 11.1 Å². The van der Waals surface area contributed by atoms with Gasteiger partial charge in [-0.3, -0.25) is 14.5 Å². The average molecular weight is 409 g/mol. The molecule has 2 aliphatic heterocycles. The third-order valence-corrected chi connectivity index (χ3v) is 7.52. The van der Waals surface area contributed by atoms with Crippen molar-refractivity contribution in [2.24, 2.45) is 11.7 Å². The van der Waals surface area contributed by atoms with Crippen LogP contribution in [0.15, 0.2) is 29.2 Å². The van der Waals surface area contributed by atoms with Crippen LogP contribution in [0.25, 0.3) is 0 Å². The molecule has 0 spiro atoms. The number of benzene rings is 1. The molecule has 2 heterocycles. The molecular weight excluding hydrogens is 380 g/mol. The van der Waals surface area contributed by atoms with Crippen molar-refractivity contribution in [1.82, 2.24) is 9.21 Å². The zero-order chi connectivity index (χ0) is 20.3. The number of carbonyl (C=O) groups excluding carboxylic acids is 2. The Bertz CT molecular complexity index is 819. The smallest absolute Gasteiger partial charge is 0.243 e. The van der Waals surface area contributed by atoms with E-state index in [0.29, 0.717) is 25.3 Å². The molecule has 1 aromatic carbocycles. The normalized spacial score (nSPS) is 22.7. The standard InChI is InChI=1S/C19H28N4O4S/c1-14(22-10-4-5-15(13-22)18(20)24)19(25)21-16-6-8-17(9-7-16)28(26,27)23-11-2-3-12-23/h6-9,14-15H,2-5,10-13H2,1H3,(H2,20,24)(H,21,25)/t14-,15+/m1/s1. The lowest BCUT2D eigenvalue weighted by molar-refractivity contribution is -0.127. The fourth-order valence-corrected chi connectivity index (χ4v) is 5.31. The Kier molecular flexibility index (Phi) is 6.36. The zero-order valence-corrected chi connectivity index (χ0v) is 17.0. The number of likely N-dealkylation sites (tertiary alicyclic amines) is 1. The summed E-state index contributed by atoms with van der Waals surface area (Å²) in [5, 5.41) is 2.83. The number of primary amides is 1. The summed E-state index contributed by atoms with van der Waals surface area (Å²) in [6, 6.07) is 5.86. The fourth-order valence-electron chi connectivity index (χ4n) is 3.79. The van der Waals surface area contributed by atoms with E-state index in [2.05, 4.69) is 5.32 Å². The molecule has 0 saturated carbocycles. The molecule has 2 amide bonds. The van der Waals surface area contributed by atoms with Crippen molar-refractivity contribution in [3.63, 3.8) is 0 Å². The van der Waals surface area contributed by atoms with E-state index in [1.807, 2.05) is 4.90 Å². The van der Waals surface area contributed by atoms with Gasteiger partial charge in [-0.05, 0) is 63.4 Å². The van der Waals surface area contributed by atoms with Gasteiger partial charge in [0.15, 0.2) is 0 Å². The number of amides is 2. The Morgan fingerprint density at radius 1 is 1.11 bits per heavy atom. The van der Waals surface area contributed by atoms with Gasteiger partial charge in [-0.25, -0.2) is 8.42 Å². The number of anilines is 1. The molecule has 28 heavy (non-hydrogen) atoms. The maximum absolute atomic E-state index is 12.6. The first kappa shape index (κ1) is 20.8. The lowest BCUT2D eigenvalue weighted by Crippen LogP contribution is -2.49. The molecule has 0 bridgehead atoms. The zero-order valence-electron chi connectivity index (χ0n) is 16.1. The van der Waals surface area contributed by atoms with Crippen molar-refractivity contribution >= 4 is 27.5 Å². The van der Waals surface area contributed by atoms with Gasteiger partial charge in [0.2, 0.25) is 21.8 Å². The van der Waals surface area contributed by atoms with E-state index in [9.17, 15) is 18.0 Å². The van der Waals surface area contributed by atoms with Crippen molar-refractivity contribution in [3.8, 4) is 0 Å². The first-order chi connectivity index (χ1) is 13.3. The molecule has 1 aromatic rings. The van der Waals surface area contributed by atoms with Gasteiger partial charge in [-0.1, -0.05) is 0 Å². The van der Waals surface area contributed by atoms with E-state index < -0.39 is 16.1 Å². The van der Waals surface area contributed by atoms with Crippen molar-refractivity contribution in [1.29, 1.82) is 0 Å². The summed E-state index contributed by atoms with van der Waals surface area (Å²) >= 11 is 0. The molecule has 2 atom stereocenters. The number of nitrogens with one attached hydrogen (secondary N) is 1. The summed E-state index contributed by atoms with van der Waals surface area (Å²) in [6.45, 7) is 4.13. The molecule has 154 valence electrons. The van der Waals surface area contributed by atoms with Crippen LogP contribution in [0.2, 0.25) is 0 Å². The molecule has 0 unspecified atom stereocenters. The van der Waals surface area contributed by atoms with E-state index in [1.54, 1.807) is 19.1 Å². The first-order valence-corrected chi connectivity index (χ1v) is 11.2. The predicted octanol–water partition coefficient (Wildman–Crippen LogP) is 0.995.